The summed E-state index contributed by atoms with van der Waals surface area (Å²) in [7, 11) is 0. The predicted molar refractivity (Wildman–Crippen MR) is 56.2 cm³/mol. The van der Waals surface area contributed by atoms with Gasteiger partial charge < -0.3 is 10.4 Å². The molecule has 6 heteroatoms. The fourth-order valence-corrected chi connectivity index (χ4v) is 2.16. The van der Waals surface area contributed by atoms with E-state index in [0.29, 0.717) is 25.8 Å². The molecular formula is C11H18F3NO2. The second-order valence-corrected chi connectivity index (χ2v) is 4.47. The van der Waals surface area contributed by atoms with Gasteiger partial charge in [-0.15, -0.1) is 0 Å². The number of nitrogens with one attached hydrogen (secondary N) is 1. The van der Waals surface area contributed by atoms with Crippen LogP contribution in [0.2, 0.25) is 0 Å². The minimum Gasteiger partial charge on any atom is -0.396 e. The molecule has 1 rings (SSSR count). The van der Waals surface area contributed by atoms with E-state index in [2.05, 4.69) is 5.32 Å². The molecule has 3 nitrogen and oxygen atoms in total. The van der Waals surface area contributed by atoms with Crippen molar-refractivity contribution in [2.75, 3.05) is 13.2 Å². The Morgan fingerprint density at radius 2 is 2.06 bits per heavy atom. The molecule has 2 unspecified atom stereocenters. The normalized spacial score (nSPS) is 25.6. The Labute approximate surface area is 98.4 Å². The number of carbonyl (C=O) groups excluding carboxylic acids is 1. The van der Waals surface area contributed by atoms with Crippen LogP contribution in [0.3, 0.4) is 0 Å². The first-order valence-electron chi connectivity index (χ1n) is 5.90. The second kappa shape index (κ2) is 6.23. The SMILES string of the molecule is O=C(NCCCO)C1CCCC(C(F)(F)F)C1. The highest BCUT2D eigenvalue weighted by Gasteiger charge is 2.43. The van der Waals surface area contributed by atoms with Crippen LogP contribution in [-0.4, -0.2) is 30.3 Å². The number of aliphatic hydroxyl groups is 1. The molecule has 1 fully saturated rings. The summed E-state index contributed by atoms with van der Waals surface area (Å²) >= 11 is 0. The van der Waals surface area contributed by atoms with Gasteiger partial charge in [0.2, 0.25) is 5.91 Å². The van der Waals surface area contributed by atoms with E-state index in [9.17, 15) is 18.0 Å². The van der Waals surface area contributed by atoms with Crippen molar-refractivity contribution in [3.8, 4) is 0 Å². The van der Waals surface area contributed by atoms with Crippen molar-refractivity contribution < 1.29 is 23.1 Å². The van der Waals surface area contributed by atoms with E-state index in [1.807, 2.05) is 0 Å². The predicted octanol–water partition coefficient (Wildman–Crippen LogP) is 1.85. The Kier molecular flexibility index (Phi) is 5.24. The molecule has 2 atom stereocenters. The zero-order valence-corrected chi connectivity index (χ0v) is 9.59. The van der Waals surface area contributed by atoms with Crippen molar-refractivity contribution in [1.82, 2.24) is 5.32 Å². The van der Waals surface area contributed by atoms with Gasteiger partial charge in [-0.1, -0.05) is 6.42 Å². The number of hydrogen-bond acceptors (Lipinski definition) is 2. The van der Waals surface area contributed by atoms with Gasteiger partial charge in [-0.3, -0.25) is 4.79 Å². The molecule has 0 aromatic carbocycles. The first-order chi connectivity index (χ1) is 7.95. The Bertz CT molecular complexity index is 256. The number of halogens is 3. The number of amides is 1. The van der Waals surface area contributed by atoms with Crippen molar-refractivity contribution in [3.63, 3.8) is 0 Å². The van der Waals surface area contributed by atoms with E-state index < -0.39 is 18.0 Å². The molecule has 0 bridgehead atoms. The van der Waals surface area contributed by atoms with Crippen LogP contribution in [-0.2, 0) is 4.79 Å². The minimum atomic E-state index is -4.19. The zero-order chi connectivity index (χ0) is 12.9. The quantitative estimate of drug-likeness (QED) is 0.751. The molecular weight excluding hydrogens is 235 g/mol. The van der Waals surface area contributed by atoms with Gasteiger partial charge in [0.1, 0.15) is 0 Å². The van der Waals surface area contributed by atoms with Crippen LogP contribution in [0.1, 0.15) is 32.1 Å². The van der Waals surface area contributed by atoms with Crippen molar-refractivity contribution in [1.29, 1.82) is 0 Å². The highest BCUT2D eigenvalue weighted by Crippen LogP contribution is 2.39. The Balaban J connectivity index is 2.41. The maximum absolute atomic E-state index is 12.5. The van der Waals surface area contributed by atoms with Crippen molar-refractivity contribution in [2.24, 2.45) is 11.8 Å². The van der Waals surface area contributed by atoms with Crippen LogP contribution in [0.5, 0.6) is 0 Å². The zero-order valence-electron chi connectivity index (χ0n) is 9.59. The topological polar surface area (TPSA) is 49.3 Å². The molecule has 100 valence electrons. The lowest BCUT2D eigenvalue weighted by Gasteiger charge is -2.29. The molecule has 1 saturated carbocycles. The molecule has 0 aromatic rings. The van der Waals surface area contributed by atoms with E-state index in [0.717, 1.165) is 0 Å². The first-order valence-corrected chi connectivity index (χ1v) is 5.90. The summed E-state index contributed by atoms with van der Waals surface area (Å²) in [5.74, 6) is -2.19. The highest BCUT2D eigenvalue weighted by atomic mass is 19.4. The van der Waals surface area contributed by atoms with E-state index in [1.54, 1.807) is 0 Å². The largest absolute Gasteiger partial charge is 0.396 e. The molecule has 0 heterocycles. The van der Waals surface area contributed by atoms with Gasteiger partial charge in [-0.2, -0.15) is 13.2 Å². The summed E-state index contributed by atoms with van der Waals surface area (Å²) in [6, 6.07) is 0. The standard InChI is InChI=1S/C11H18F3NO2/c12-11(13,14)9-4-1-3-8(7-9)10(17)15-5-2-6-16/h8-9,16H,1-7H2,(H,15,17). The Hall–Kier alpha value is -0.780. The van der Waals surface area contributed by atoms with Crippen LogP contribution in [0.4, 0.5) is 13.2 Å². The smallest absolute Gasteiger partial charge is 0.391 e. The van der Waals surface area contributed by atoms with E-state index in [4.69, 9.17) is 5.11 Å². The lowest BCUT2D eigenvalue weighted by Crippen LogP contribution is -2.37. The summed E-state index contributed by atoms with van der Waals surface area (Å²) in [5, 5.41) is 11.1. The molecule has 1 aliphatic carbocycles. The van der Waals surface area contributed by atoms with Gasteiger partial charge in [0.05, 0.1) is 5.92 Å². The van der Waals surface area contributed by atoms with Crippen molar-refractivity contribution >= 4 is 5.91 Å². The Morgan fingerprint density at radius 1 is 1.35 bits per heavy atom. The molecule has 17 heavy (non-hydrogen) atoms. The maximum atomic E-state index is 12.5. The highest BCUT2D eigenvalue weighted by molar-refractivity contribution is 5.78. The molecule has 0 aliphatic heterocycles. The van der Waals surface area contributed by atoms with E-state index >= 15 is 0 Å². The van der Waals surface area contributed by atoms with Crippen LogP contribution in [0.15, 0.2) is 0 Å². The third-order valence-corrected chi connectivity index (χ3v) is 3.14. The van der Waals surface area contributed by atoms with Crippen LogP contribution >= 0.6 is 0 Å². The molecule has 0 aromatic heterocycles. The van der Waals surface area contributed by atoms with Gasteiger partial charge in [-0.25, -0.2) is 0 Å². The molecule has 1 amide bonds. The number of carbonyl (C=O) groups is 1. The molecule has 0 saturated heterocycles. The molecule has 0 radical (unpaired) electrons. The summed E-state index contributed by atoms with van der Waals surface area (Å²) < 4.78 is 37.6. The van der Waals surface area contributed by atoms with Crippen LogP contribution in [0.25, 0.3) is 0 Å². The molecule has 0 spiro atoms. The fourth-order valence-electron chi connectivity index (χ4n) is 2.16. The maximum Gasteiger partial charge on any atom is 0.391 e. The number of alkyl halides is 3. The summed E-state index contributed by atoms with van der Waals surface area (Å²) in [6.45, 7) is 0.290. The monoisotopic (exact) mass is 253 g/mol. The van der Waals surface area contributed by atoms with Gasteiger partial charge in [0.15, 0.2) is 0 Å². The fraction of sp³-hybridized carbons (Fsp3) is 0.909. The lowest BCUT2D eigenvalue weighted by molar-refractivity contribution is -0.186. The van der Waals surface area contributed by atoms with E-state index in [-0.39, 0.29) is 25.4 Å². The van der Waals surface area contributed by atoms with Crippen molar-refractivity contribution in [2.45, 2.75) is 38.3 Å². The minimum absolute atomic E-state index is 0.0316. The molecule has 2 N–H and O–H groups in total. The number of aliphatic hydroxyl groups excluding tert-OH is 1. The van der Waals surface area contributed by atoms with Crippen LogP contribution < -0.4 is 5.32 Å². The third-order valence-electron chi connectivity index (χ3n) is 3.14. The average Bonchev–Trinajstić information content (AvgIpc) is 2.28. The van der Waals surface area contributed by atoms with Gasteiger partial charge in [-0.05, 0) is 25.7 Å². The molecule has 1 aliphatic rings. The van der Waals surface area contributed by atoms with Gasteiger partial charge >= 0.3 is 6.18 Å². The second-order valence-electron chi connectivity index (χ2n) is 4.47. The average molecular weight is 253 g/mol. The number of hydrogen-bond donors (Lipinski definition) is 2. The third kappa shape index (κ3) is 4.53. The van der Waals surface area contributed by atoms with Crippen LogP contribution in [0, 0.1) is 11.8 Å². The van der Waals surface area contributed by atoms with Crippen molar-refractivity contribution in [3.05, 3.63) is 0 Å². The van der Waals surface area contributed by atoms with E-state index in [1.165, 1.54) is 0 Å². The van der Waals surface area contributed by atoms with Gasteiger partial charge in [0.25, 0.3) is 0 Å². The first kappa shape index (κ1) is 14.3. The Morgan fingerprint density at radius 3 is 2.65 bits per heavy atom. The summed E-state index contributed by atoms with van der Waals surface area (Å²) in [6.07, 6.45) is -2.76. The van der Waals surface area contributed by atoms with Gasteiger partial charge in [0, 0.05) is 19.1 Å². The number of rotatable bonds is 4. The summed E-state index contributed by atoms with van der Waals surface area (Å²) in [5.41, 5.74) is 0. The summed E-state index contributed by atoms with van der Waals surface area (Å²) in [4.78, 5) is 11.6. The lowest BCUT2D eigenvalue weighted by atomic mass is 9.80.